The number of thiazole rings is 1. The van der Waals surface area contributed by atoms with E-state index in [9.17, 15) is 4.79 Å². The molecule has 3 aromatic rings. The molecule has 1 fully saturated rings. The van der Waals surface area contributed by atoms with Gasteiger partial charge in [0, 0.05) is 31.2 Å². The van der Waals surface area contributed by atoms with Crippen molar-refractivity contribution >= 4 is 17.2 Å². The van der Waals surface area contributed by atoms with Crippen LogP contribution in [0.25, 0.3) is 0 Å². The van der Waals surface area contributed by atoms with Gasteiger partial charge in [0.2, 0.25) is 0 Å². The Labute approximate surface area is 169 Å². The lowest BCUT2D eigenvalue weighted by Gasteiger charge is -2.38. The molecule has 0 spiro atoms. The van der Waals surface area contributed by atoms with Crippen LogP contribution in [0.1, 0.15) is 38.4 Å². The third kappa shape index (κ3) is 3.06. The first-order valence-corrected chi connectivity index (χ1v) is 10.6. The molecule has 2 aliphatic heterocycles. The van der Waals surface area contributed by atoms with Crippen molar-refractivity contribution in [1.82, 2.24) is 19.4 Å². The fourth-order valence-corrected chi connectivity index (χ4v) is 5.23. The standard InChI is InChI=1S/C22H24N4OS/c1-15-5-3-6-17(9-15)10-24-12-20-21(13-24)26(11-18-14-28-16(2)23-18)22(27)19-7-4-8-25(19)20/h3-9,14,20-21H,10-13H2,1-2H3. The lowest BCUT2D eigenvalue weighted by atomic mass is 10.1. The number of aryl methyl sites for hydroxylation is 2. The van der Waals surface area contributed by atoms with E-state index in [1.165, 1.54) is 11.1 Å². The molecule has 0 aliphatic carbocycles. The molecule has 2 aromatic heterocycles. The van der Waals surface area contributed by atoms with Gasteiger partial charge in [-0.25, -0.2) is 4.98 Å². The van der Waals surface area contributed by atoms with Crippen LogP contribution in [-0.2, 0) is 13.1 Å². The van der Waals surface area contributed by atoms with E-state index in [1.54, 1.807) is 11.3 Å². The molecule has 0 radical (unpaired) electrons. The minimum absolute atomic E-state index is 0.120. The number of benzene rings is 1. The van der Waals surface area contributed by atoms with Gasteiger partial charge in [0.1, 0.15) is 5.69 Å². The summed E-state index contributed by atoms with van der Waals surface area (Å²) in [6.45, 7) is 7.51. The summed E-state index contributed by atoms with van der Waals surface area (Å²) >= 11 is 1.65. The summed E-state index contributed by atoms with van der Waals surface area (Å²) in [7, 11) is 0. The Bertz CT molecular complexity index is 1020. The van der Waals surface area contributed by atoms with Crippen molar-refractivity contribution in [2.24, 2.45) is 0 Å². The fourth-order valence-electron chi connectivity index (χ4n) is 4.63. The quantitative estimate of drug-likeness (QED) is 0.681. The van der Waals surface area contributed by atoms with Crippen molar-refractivity contribution in [2.45, 2.75) is 39.0 Å². The smallest absolute Gasteiger partial charge is 0.271 e. The Hall–Kier alpha value is -2.44. The molecular formula is C22H24N4OS. The maximum absolute atomic E-state index is 13.2. The summed E-state index contributed by atoms with van der Waals surface area (Å²) < 4.78 is 2.19. The van der Waals surface area contributed by atoms with Gasteiger partial charge >= 0.3 is 0 Å². The highest BCUT2D eigenvalue weighted by atomic mass is 32.1. The Morgan fingerprint density at radius 1 is 1.11 bits per heavy atom. The molecule has 0 saturated carbocycles. The molecule has 2 aliphatic rings. The first-order chi connectivity index (χ1) is 13.6. The van der Waals surface area contributed by atoms with Crippen LogP contribution in [0.3, 0.4) is 0 Å². The molecule has 1 aromatic carbocycles. The van der Waals surface area contributed by atoms with Gasteiger partial charge in [0.25, 0.3) is 5.91 Å². The number of likely N-dealkylation sites (tertiary alicyclic amines) is 1. The van der Waals surface area contributed by atoms with Crippen LogP contribution in [0.5, 0.6) is 0 Å². The summed E-state index contributed by atoms with van der Waals surface area (Å²) in [5.41, 5.74) is 4.41. The fraction of sp³-hybridized carbons (Fsp3) is 0.364. The number of rotatable bonds is 4. The van der Waals surface area contributed by atoms with Crippen molar-refractivity contribution in [3.05, 3.63) is 75.5 Å². The lowest BCUT2D eigenvalue weighted by Crippen LogP contribution is -2.49. The molecule has 1 saturated heterocycles. The number of carbonyl (C=O) groups is 1. The number of amides is 1. The van der Waals surface area contributed by atoms with E-state index in [0.717, 1.165) is 36.0 Å². The maximum atomic E-state index is 13.2. The first kappa shape index (κ1) is 17.6. The van der Waals surface area contributed by atoms with Crippen molar-refractivity contribution < 1.29 is 4.79 Å². The van der Waals surface area contributed by atoms with Crippen LogP contribution in [0.2, 0.25) is 0 Å². The van der Waals surface area contributed by atoms with Crippen LogP contribution >= 0.6 is 11.3 Å². The number of carbonyl (C=O) groups excluding carboxylic acids is 1. The number of fused-ring (bicyclic) bond motifs is 3. The van der Waals surface area contributed by atoms with Crippen molar-refractivity contribution in [3.8, 4) is 0 Å². The first-order valence-electron chi connectivity index (χ1n) is 9.75. The second-order valence-electron chi connectivity index (χ2n) is 7.91. The van der Waals surface area contributed by atoms with Crippen LogP contribution in [0, 0.1) is 13.8 Å². The van der Waals surface area contributed by atoms with E-state index in [0.29, 0.717) is 12.6 Å². The predicted molar refractivity (Wildman–Crippen MR) is 110 cm³/mol. The van der Waals surface area contributed by atoms with Gasteiger partial charge in [0.15, 0.2) is 0 Å². The normalized spacial score (nSPS) is 21.8. The van der Waals surface area contributed by atoms with E-state index < -0.39 is 0 Å². The van der Waals surface area contributed by atoms with Gasteiger partial charge in [0.05, 0.1) is 29.3 Å². The Kier molecular flexibility index (Phi) is 4.33. The lowest BCUT2D eigenvalue weighted by molar-refractivity contribution is 0.0553. The zero-order chi connectivity index (χ0) is 19.3. The molecule has 5 nitrogen and oxygen atoms in total. The number of aromatic nitrogens is 2. The summed E-state index contributed by atoms with van der Waals surface area (Å²) in [6.07, 6.45) is 2.06. The van der Waals surface area contributed by atoms with Crippen molar-refractivity contribution in [1.29, 1.82) is 0 Å². The number of nitrogens with zero attached hydrogens (tertiary/aromatic N) is 4. The average molecular weight is 393 g/mol. The molecule has 0 bridgehead atoms. The van der Waals surface area contributed by atoms with Gasteiger partial charge in [-0.3, -0.25) is 9.69 Å². The Morgan fingerprint density at radius 3 is 2.75 bits per heavy atom. The second-order valence-corrected chi connectivity index (χ2v) is 8.97. The molecule has 4 heterocycles. The predicted octanol–water partition coefficient (Wildman–Crippen LogP) is 3.64. The second kappa shape index (κ2) is 6.87. The summed E-state index contributed by atoms with van der Waals surface area (Å²) in [5, 5.41) is 3.12. The molecule has 28 heavy (non-hydrogen) atoms. The highest BCUT2D eigenvalue weighted by molar-refractivity contribution is 7.09. The van der Waals surface area contributed by atoms with Crippen LogP contribution < -0.4 is 0 Å². The molecule has 6 heteroatoms. The van der Waals surface area contributed by atoms with Crippen LogP contribution in [-0.4, -0.2) is 44.4 Å². The monoisotopic (exact) mass is 392 g/mol. The highest BCUT2D eigenvalue weighted by Crippen LogP contribution is 2.35. The van der Waals surface area contributed by atoms with Gasteiger partial charge in [-0.1, -0.05) is 29.8 Å². The molecule has 1 amide bonds. The Morgan fingerprint density at radius 2 is 1.96 bits per heavy atom. The van der Waals surface area contributed by atoms with E-state index >= 15 is 0 Å². The minimum Gasteiger partial charge on any atom is -0.337 e. The topological polar surface area (TPSA) is 41.4 Å². The maximum Gasteiger partial charge on any atom is 0.271 e. The van der Waals surface area contributed by atoms with E-state index in [2.05, 4.69) is 57.2 Å². The summed E-state index contributed by atoms with van der Waals surface area (Å²) in [6, 6.07) is 13.1. The zero-order valence-corrected chi connectivity index (χ0v) is 17.0. The third-order valence-corrected chi connectivity index (χ3v) is 6.66. The van der Waals surface area contributed by atoms with Gasteiger partial charge < -0.3 is 9.47 Å². The zero-order valence-electron chi connectivity index (χ0n) is 16.2. The van der Waals surface area contributed by atoms with Crippen LogP contribution in [0.15, 0.2) is 48.0 Å². The number of hydrogen-bond donors (Lipinski definition) is 0. The molecule has 2 atom stereocenters. The third-order valence-electron chi connectivity index (χ3n) is 5.84. The summed E-state index contributed by atoms with van der Waals surface area (Å²) in [5.74, 6) is 0.120. The molecule has 2 unspecified atom stereocenters. The van der Waals surface area contributed by atoms with E-state index in [-0.39, 0.29) is 11.9 Å². The molecule has 144 valence electrons. The van der Waals surface area contributed by atoms with Crippen LogP contribution in [0.4, 0.5) is 0 Å². The average Bonchev–Trinajstić information content (AvgIpc) is 3.38. The highest BCUT2D eigenvalue weighted by Gasteiger charge is 2.44. The van der Waals surface area contributed by atoms with Gasteiger partial charge in [-0.15, -0.1) is 11.3 Å². The number of hydrogen-bond acceptors (Lipinski definition) is 4. The van der Waals surface area contributed by atoms with Gasteiger partial charge in [-0.2, -0.15) is 0 Å². The largest absolute Gasteiger partial charge is 0.337 e. The van der Waals surface area contributed by atoms with E-state index in [4.69, 9.17) is 0 Å². The Balaban J connectivity index is 1.43. The summed E-state index contributed by atoms with van der Waals surface area (Å²) in [4.78, 5) is 22.3. The van der Waals surface area contributed by atoms with Crippen molar-refractivity contribution in [2.75, 3.05) is 13.1 Å². The minimum atomic E-state index is 0.120. The SMILES string of the molecule is Cc1cccc(CN2CC3C(C2)n2cccc2C(=O)N3Cc2csc(C)n2)c1. The molecule has 0 N–H and O–H groups in total. The van der Waals surface area contributed by atoms with E-state index in [1.807, 2.05) is 24.0 Å². The molecule has 5 rings (SSSR count). The van der Waals surface area contributed by atoms with Crippen molar-refractivity contribution in [3.63, 3.8) is 0 Å². The molecular weight excluding hydrogens is 368 g/mol. The van der Waals surface area contributed by atoms with Gasteiger partial charge in [-0.05, 0) is 31.5 Å².